The van der Waals surface area contributed by atoms with E-state index in [1.165, 1.54) is 21.2 Å². The van der Waals surface area contributed by atoms with Gasteiger partial charge in [-0.05, 0) is 47.5 Å². The van der Waals surface area contributed by atoms with Crippen LogP contribution in [0.2, 0.25) is 0 Å². The Hall–Kier alpha value is -1.12. The number of hydrogen-bond donors (Lipinski definition) is 1. The molecule has 16 heavy (non-hydrogen) atoms. The molecule has 0 fully saturated rings. The van der Waals surface area contributed by atoms with E-state index in [2.05, 4.69) is 48.5 Å². The SMILES string of the molecule is C=C(c1ccc2ccsc2c1)C(CC)NC. The van der Waals surface area contributed by atoms with Crippen LogP contribution in [0.3, 0.4) is 0 Å². The first kappa shape index (κ1) is 11.4. The number of benzene rings is 1. The third-order valence-corrected chi connectivity index (χ3v) is 3.88. The molecule has 1 aromatic heterocycles. The Labute approximate surface area is 101 Å². The molecule has 1 aromatic carbocycles. The van der Waals surface area contributed by atoms with Gasteiger partial charge in [-0.1, -0.05) is 25.6 Å². The Morgan fingerprint density at radius 3 is 2.94 bits per heavy atom. The van der Waals surface area contributed by atoms with Gasteiger partial charge in [0.25, 0.3) is 0 Å². The fourth-order valence-electron chi connectivity index (χ4n) is 1.98. The Morgan fingerprint density at radius 2 is 2.25 bits per heavy atom. The van der Waals surface area contributed by atoms with Gasteiger partial charge in [-0.25, -0.2) is 0 Å². The van der Waals surface area contributed by atoms with E-state index in [-0.39, 0.29) is 0 Å². The van der Waals surface area contributed by atoms with Crippen LogP contribution in [0.25, 0.3) is 15.7 Å². The van der Waals surface area contributed by atoms with Gasteiger partial charge in [0.1, 0.15) is 0 Å². The summed E-state index contributed by atoms with van der Waals surface area (Å²) < 4.78 is 1.34. The lowest BCUT2D eigenvalue weighted by Crippen LogP contribution is -2.25. The van der Waals surface area contributed by atoms with Crippen molar-refractivity contribution < 1.29 is 0 Å². The van der Waals surface area contributed by atoms with E-state index in [9.17, 15) is 0 Å². The molecule has 0 bridgehead atoms. The van der Waals surface area contributed by atoms with Crippen LogP contribution >= 0.6 is 11.3 Å². The monoisotopic (exact) mass is 231 g/mol. The third-order valence-electron chi connectivity index (χ3n) is 3.00. The smallest absolute Gasteiger partial charge is 0.0348 e. The minimum Gasteiger partial charge on any atom is -0.313 e. The standard InChI is InChI=1S/C14H17NS/c1-4-13(15-3)10(2)12-6-5-11-7-8-16-14(11)9-12/h5-9,13,15H,2,4H2,1,3H3. The van der Waals surface area contributed by atoms with E-state index >= 15 is 0 Å². The van der Waals surface area contributed by atoms with Crippen molar-refractivity contribution in [2.45, 2.75) is 19.4 Å². The Balaban J connectivity index is 2.35. The first-order valence-corrected chi connectivity index (χ1v) is 6.48. The van der Waals surface area contributed by atoms with Gasteiger partial charge in [-0.15, -0.1) is 11.3 Å². The molecule has 0 saturated heterocycles. The highest BCUT2D eigenvalue weighted by Gasteiger charge is 2.10. The number of fused-ring (bicyclic) bond motifs is 1. The summed E-state index contributed by atoms with van der Waals surface area (Å²) in [7, 11) is 1.99. The first-order chi connectivity index (χ1) is 7.76. The molecule has 2 aromatic rings. The van der Waals surface area contributed by atoms with Gasteiger partial charge in [0.15, 0.2) is 0 Å². The minimum atomic E-state index is 0.373. The number of likely N-dealkylation sites (N-methyl/N-ethyl adjacent to an activating group) is 1. The summed E-state index contributed by atoms with van der Waals surface area (Å²) in [6, 6.07) is 9.11. The number of rotatable bonds is 4. The molecule has 0 spiro atoms. The molecular formula is C14H17NS. The Morgan fingerprint density at radius 1 is 1.44 bits per heavy atom. The average Bonchev–Trinajstić information content (AvgIpc) is 2.77. The fraction of sp³-hybridized carbons (Fsp3) is 0.286. The molecule has 84 valence electrons. The second-order valence-corrected chi connectivity index (χ2v) is 4.90. The maximum Gasteiger partial charge on any atom is 0.0348 e. The van der Waals surface area contributed by atoms with Gasteiger partial charge in [0.05, 0.1) is 0 Å². The van der Waals surface area contributed by atoms with Crippen molar-refractivity contribution in [1.29, 1.82) is 0 Å². The van der Waals surface area contributed by atoms with Gasteiger partial charge in [-0.2, -0.15) is 0 Å². The van der Waals surface area contributed by atoms with E-state index in [1.807, 2.05) is 7.05 Å². The van der Waals surface area contributed by atoms with Crippen molar-refractivity contribution in [1.82, 2.24) is 5.32 Å². The number of thiophene rings is 1. The van der Waals surface area contributed by atoms with Gasteiger partial charge < -0.3 is 5.32 Å². The molecule has 0 radical (unpaired) electrons. The van der Waals surface area contributed by atoms with Crippen molar-refractivity contribution in [3.8, 4) is 0 Å². The molecule has 0 aliphatic heterocycles. The zero-order valence-corrected chi connectivity index (χ0v) is 10.6. The van der Waals surface area contributed by atoms with Crippen LogP contribution < -0.4 is 5.32 Å². The van der Waals surface area contributed by atoms with Crippen molar-refractivity contribution in [2.24, 2.45) is 0 Å². The molecule has 1 unspecified atom stereocenters. The van der Waals surface area contributed by atoms with Crippen LogP contribution in [-0.4, -0.2) is 13.1 Å². The van der Waals surface area contributed by atoms with Crippen molar-refractivity contribution >= 4 is 27.0 Å². The summed E-state index contributed by atoms with van der Waals surface area (Å²) in [6.45, 7) is 6.38. The van der Waals surface area contributed by atoms with Gasteiger partial charge in [0, 0.05) is 10.7 Å². The molecule has 0 amide bonds. The maximum atomic E-state index is 4.20. The molecule has 1 nitrogen and oxygen atoms in total. The van der Waals surface area contributed by atoms with E-state index in [0.717, 1.165) is 6.42 Å². The topological polar surface area (TPSA) is 12.0 Å². The highest BCUT2D eigenvalue weighted by Crippen LogP contribution is 2.26. The Kier molecular flexibility index (Phi) is 3.42. The summed E-state index contributed by atoms with van der Waals surface area (Å²) in [5.41, 5.74) is 2.43. The summed E-state index contributed by atoms with van der Waals surface area (Å²) in [4.78, 5) is 0. The van der Waals surface area contributed by atoms with E-state index in [0.29, 0.717) is 6.04 Å². The normalized spacial score (nSPS) is 12.9. The van der Waals surface area contributed by atoms with Crippen LogP contribution in [0, 0.1) is 0 Å². The number of hydrogen-bond acceptors (Lipinski definition) is 2. The summed E-state index contributed by atoms with van der Waals surface area (Å²) >= 11 is 1.78. The molecular weight excluding hydrogens is 214 g/mol. The van der Waals surface area contributed by atoms with Gasteiger partial charge >= 0.3 is 0 Å². The third kappa shape index (κ3) is 2.04. The maximum absolute atomic E-state index is 4.20. The van der Waals surface area contributed by atoms with Crippen LogP contribution in [0.4, 0.5) is 0 Å². The Bertz CT molecular complexity index is 494. The summed E-state index contributed by atoms with van der Waals surface area (Å²) in [6.07, 6.45) is 1.07. The zero-order valence-electron chi connectivity index (χ0n) is 9.79. The van der Waals surface area contributed by atoms with Crippen molar-refractivity contribution in [3.63, 3.8) is 0 Å². The molecule has 0 saturated carbocycles. The molecule has 0 aliphatic carbocycles. The van der Waals surface area contributed by atoms with Crippen LogP contribution in [-0.2, 0) is 0 Å². The lowest BCUT2D eigenvalue weighted by molar-refractivity contribution is 0.663. The average molecular weight is 231 g/mol. The second-order valence-electron chi connectivity index (χ2n) is 3.95. The largest absolute Gasteiger partial charge is 0.313 e. The summed E-state index contributed by atoms with van der Waals surface area (Å²) in [5.74, 6) is 0. The summed E-state index contributed by atoms with van der Waals surface area (Å²) in [5, 5.41) is 6.75. The first-order valence-electron chi connectivity index (χ1n) is 5.60. The minimum absolute atomic E-state index is 0.373. The highest BCUT2D eigenvalue weighted by molar-refractivity contribution is 7.17. The fourth-order valence-corrected chi connectivity index (χ4v) is 2.81. The molecule has 1 atom stereocenters. The molecule has 1 N–H and O–H groups in total. The molecule has 1 heterocycles. The predicted molar refractivity (Wildman–Crippen MR) is 74.0 cm³/mol. The molecule has 2 rings (SSSR count). The van der Waals surface area contributed by atoms with Gasteiger partial charge in [0.2, 0.25) is 0 Å². The highest BCUT2D eigenvalue weighted by atomic mass is 32.1. The van der Waals surface area contributed by atoms with Crippen LogP contribution in [0.5, 0.6) is 0 Å². The van der Waals surface area contributed by atoms with Crippen LogP contribution in [0.1, 0.15) is 18.9 Å². The van der Waals surface area contributed by atoms with E-state index < -0.39 is 0 Å². The predicted octanol–water partition coefficient (Wildman–Crippen LogP) is 3.91. The zero-order chi connectivity index (χ0) is 11.5. The van der Waals surface area contributed by atoms with Crippen LogP contribution in [0.15, 0.2) is 36.2 Å². The second kappa shape index (κ2) is 4.81. The lowest BCUT2D eigenvalue weighted by Gasteiger charge is -2.17. The lowest BCUT2D eigenvalue weighted by atomic mass is 9.98. The van der Waals surface area contributed by atoms with Crippen molar-refractivity contribution in [3.05, 3.63) is 41.8 Å². The molecule has 0 aliphatic rings. The quantitative estimate of drug-likeness (QED) is 0.841. The van der Waals surface area contributed by atoms with E-state index in [1.54, 1.807) is 11.3 Å². The van der Waals surface area contributed by atoms with E-state index in [4.69, 9.17) is 0 Å². The molecule has 2 heteroatoms. The van der Waals surface area contributed by atoms with Gasteiger partial charge in [-0.3, -0.25) is 0 Å². The van der Waals surface area contributed by atoms with Crippen molar-refractivity contribution in [2.75, 3.05) is 7.05 Å². The number of nitrogens with one attached hydrogen (secondary N) is 1.